The third kappa shape index (κ3) is 2.36. The normalized spacial score (nSPS) is 12.9. The van der Waals surface area contributed by atoms with E-state index in [1.807, 2.05) is 0 Å². The Morgan fingerprint density at radius 2 is 2.00 bits per heavy atom. The molecule has 0 aromatic heterocycles. The molecule has 0 aliphatic carbocycles. The van der Waals surface area contributed by atoms with Crippen molar-refractivity contribution >= 4 is 0 Å². The molecule has 0 unspecified atom stereocenters. The molecular weight excluding hydrogens is 170 g/mol. The quantitative estimate of drug-likeness (QED) is 0.776. The molecule has 1 rings (SSSR count). The maximum Gasteiger partial charge on any atom is 0.0297 e. The van der Waals surface area contributed by atoms with E-state index in [1.54, 1.807) is 0 Å². The molecule has 0 radical (unpaired) electrons. The molecule has 1 aromatic carbocycles. The zero-order chi connectivity index (χ0) is 10.6. The molecule has 0 saturated carbocycles. The highest BCUT2D eigenvalue weighted by atomic mass is 14.6. The molecule has 1 atom stereocenters. The summed E-state index contributed by atoms with van der Waals surface area (Å²) < 4.78 is 0. The van der Waals surface area contributed by atoms with Gasteiger partial charge in [0.1, 0.15) is 0 Å². The Morgan fingerprint density at radius 1 is 1.29 bits per heavy atom. The van der Waals surface area contributed by atoms with E-state index < -0.39 is 0 Å². The molecule has 2 N–H and O–H groups in total. The van der Waals surface area contributed by atoms with Gasteiger partial charge in [0, 0.05) is 6.04 Å². The lowest BCUT2D eigenvalue weighted by Crippen LogP contribution is -2.12. The average molecular weight is 191 g/mol. The Balaban J connectivity index is 3.00. The number of hydrogen-bond acceptors (Lipinski definition) is 1. The first-order valence-corrected chi connectivity index (χ1v) is 5.54. The van der Waals surface area contributed by atoms with E-state index in [4.69, 9.17) is 5.73 Å². The first-order chi connectivity index (χ1) is 6.70. The highest BCUT2D eigenvalue weighted by Gasteiger charge is 2.10. The summed E-state index contributed by atoms with van der Waals surface area (Å²) in [5, 5.41) is 0. The van der Waals surface area contributed by atoms with Gasteiger partial charge in [0.05, 0.1) is 0 Å². The molecule has 0 aliphatic heterocycles. The predicted molar refractivity (Wildman–Crippen MR) is 62.4 cm³/mol. The van der Waals surface area contributed by atoms with E-state index in [0.717, 1.165) is 19.3 Å². The third-order valence-corrected chi connectivity index (χ3v) is 2.80. The summed E-state index contributed by atoms with van der Waals surface area (Å²) in [4.78, 5) is 0. The van der Waals surface area contributed by atoms with Crippen molar-refractivity contribution in [3.05, 3.63) is 34.9 Å². The van der Waals surface area contributed by atoms with Gasteiger partial charge in [0.2, 0.25) is 0 Å². The molecule has 0 aliphatic rings. The van der Waals surface area contributed by atoms with E-state index >= 15 is 0 Å². The second kappa shape index (κ2) is 5.16. The van der Waals surface area contributed by atoms with Crippen LogP contribution in [0.2, 0.25) is 0 Å². The molecule has 0 amide bonds. The standard InChI is InChI=1S/C13H21N/c1-4-7-13(14)12-9-6-8-10(3)11(12)5-2/h6,8-9,13H,4-5,7,14H2,1-3H3/t13-/m0/s1. The van der Waals surface area contributed by atoms with Crippen molar-refractivity contribution in [2.45, 2.75) is 46.1 Å². The zero-order valence-corrected chi connectivity index (χ0v) is 9.51. The van der Waals surface area contributed by atoms with Gasteiger partial charge in [-0.25, -0.2) is 0 Å². The molecule has 0 heterocycles. The lowest BCUT2D eigenvalue weighted by molar-refractivity contribution is 0.632. The lowest BCUT2D eigenvalue weighted by Gasteiger charge is -2.16. The van der Waals surface area contributed by atoms with Crippen LogP contribution >= 0.6 is 0 Å². The fraction of sp³-hybridized carbons (Fsp3) is 0.538. The third-order valence-electron chi connectivity index (χ3n) is 2.80. The van der Waals surface area contributed by atoms with Crippen LogP contribution in [0.4, 0.5) is 0 Å². The highest BCUT2D eigenvalue weighted by molar-refractivity contribution is 5.36. The minimum absolute atomic E-state index is 0.217. The Kier molecular flexibility index (Phi) is 4.15. The topological polar surface area (TPSA) is 26.0 Å². The summed E-state index contributed by atoms with van der Waals surface area (Å²) in [5.41, 5.74) is 10.3. The number of rotatable bonds is 4. The minimum Gasteiger partial charge on any atom is -0.324 e. The molecule has 0 fully saturated rings. The van der Waals surface area contributed by atoms with Crippen molar-refractivity contribution in [1.29, 1.82) is 0 Å². The second-order valence-electron chi connectivity index (χ2n) is 3.89. The van der Waals surface area contributed by atoms with Crippen molar-refractivity contribution in [2.75, 3.05) is 0 Å². The molecule has 14 heavy (non-hydrogen) atoms. The molecular formula is C13H21N. The largest absolute Gasteiger partial charge is 0.324 e. The van der Waals surface area contributed by atoms with Gasteiger partial charge in [0.15, 0.2) is 0 Å². The molecule has 1 heteroatoms. The minimum atomic E-state index is 0.217. The van der Waals surface area contributed by atoms with E-state index in [9.17, 15) is 0 Å². The van der Waals surface area contributed by atoms with E-state index in [0.29, 0.717) is 0 Å². The first-order valence-electron chi connectivity index (χ1n) is 5.54. The van der Waals surface area contributed by atoms with E-state index in [2.05, 4.69) is 39.0 Å². The van der Waals surface area contributed by atoms with Crippen LogP contribution in [-0.4, -0.2) is 0 Å². The van der Waals surface area contributed by atoms with Gasteiger partial charge in [-0.2, -0.15) is 0 Å². The van der Waals surface area contributed by atoms with Gasteiger partial charge in [0.25, 0.3) is 0 Å². The van der Waals surface area contributed by atoms with Crippen molar-refractivity contribution in [2.24, 2.45) is 5.73 Å². The molecule has 1 nitrogen and oxygen atoms in total. The van der Waals surface area contributed by atoms with Crippen LogP contribution in [0.3, 0.4) is 0 Å². The number of aryl methyl sites for hydroxylation is 1. The van der Waals surface area contributed by atoms with Crippen molar-refractivity contribution < 1.29 is 0 Å². The monoisotopic (exact) mass is 191 g/mol. The number of nitrogens with two attached hydrogens (primary N) is 1. The fourth-order valence-corrected chi connectivity index (χ4v) is 2.02. The van der Waals surface area contributed by atoms with Crippen LogP contribution in [0, 0.1) is 6.92 Å². The number of benzene rings is 1. The Bertz CT molecular complexity index is 291. The lowest BCUT2D eigenvalue weighted by atomic mass is 9.93. The summed E-state index contributed by atoms with van der Waals surface area (Å²) >= 11 is 0. The average Bonchev–Trinajstić information content (AvgIpc) is 2.17. The fourth-order valence-electron chi connectivity index (χ4n) is 2.02. The first kappa shape index (κ1) is 11.3. The maximum absolute atomic E-state index is 6.15. The zero-order valence-electron chi connectivity index (χ0n) is 9.51. The van der Waals surface area contributed by atoms with Crippen LogP contribution in [-0.2, 0) is 6.42 Å². The van der Waals surface area contributed by atoms with Crippen LogP contribution in [0.1, 0.15) is 49.4 Å². The summed E-state index contributed by atoms with van der Waals surface area (Å²) in [6.07, 6.45) is 3.31. The molecule has 0 spiro atoms. The predicted octanol–water partition coefficient (Wildman–Crippen LogP) is 3.36. The molecule has 78 valence electrons. The van der Waals surface area contributed by atoms with Gasteiger partial charge in [-0.15, -0.1) is 0 Å². The van der Waals surface area contributed by atoms with Gasteiger partial charge in [-0.3, -0.25) is 0 Å². The smallest absolute Gasteiger partial charge is 0.0297 e. The van der Waals surface area contributed by atoms with Crippen molar-refractivity contribution in [1.82, 2.24) is 0 Å². The molecule has 1 aromatic rings. The Morgan fingerprint density at radius 3 is 2.57 bits per heavy atom. The van der Waals surface area contributed by atoms with Gasteiger partial charge in [-0.1, -0.05) is 38.5 Å². The van der Waals surface area contributed by atoms with Crippen LogP contribution in [0.25, 0.3) is 0 Å². The van der Waals surface area contributed by atoms with Crippen LogP contribution in [0.5, 0.6) is 0 Å². The Labute approximate surface area is 87.3 Å². The highest BCUT2D eigenvalue weighted by Crippen LogP contribution is 2.23. The summed E-state index contributed by atoms with van der Waals surface area (Å²) in [7, 11) is 0. The van der Waals surface area contributed by atoms with Gasteiger partial charge in [-0.05, 0) is 36.5 Å². The van der Waals surface area contributed by atoms with Gasteiger partial charge >= 0.3 is 0 Å². The molecule has 0 saturated heterocycles. The van der Waals surface area contributed by atoms with Crippen LogP contribution < -0.4 is 5.73 Å². The summed E-state index contributed by atoms with van der Waals surface area (Å²) in [6, 6.07) is 6.67. The van der Waals surface area contributed by atoms with Crippen molar-refractivity contribution in [3.63, 3.8) is 0 Å². The second-order valence-corrected chi connectivity index (χ2v) is 3.89. The summed E-state index contributed by atoms with van der Waals surface area (Å²) in [6.45, 7) is 6.55. The molecule has 0 bridgehead atoms. The van der Waals surface area contributed by atoms with Crippen LogP contribution in [0.15, 0.2) is 18.2 Å². The Hall–Kier alpha value is -0.820. The van der Waals surface area contributed by atoms with E-state index in [-0.39, 0.29) is 6.04 Å². The van der Waals surface area contributed by atoms with E-state index in [1.165, 1.54) is 16.7 Å². The SMILES string of the molecule is CCC[C@H](N)c1cccc(C)c1CC. The maximum atomic E-state index is 6.15. The number of hydrogen-bond donors (Lipinski definition) is 1. The summed E-state index contributed by atoms with van der Waals surface area (Å²) in [5.74, 6) is 0. The van der Waals surface area contributed by atoms with Crippen molar-refractivity contribution in [3.8, 4) is 0 Å². The van der Waals surface area contributed by atoms with Gasteiger partial charge < -0.3 is 5.73 Å².